The Hall–Kier alpha value is -1.06. The number of methoxy groups -OCH3 is 1. The van der Waals surface area contributed by atoms with Gasteiger partial charge in [-0.15, -0.1) is 0 Å². The van der Waals surface area contributed by atoms with Gasteiger partial charge in [0.1, 0.15) is 0 Å². The fraction of sp³-hybridized carbons (Fsp3) is 0.364. The number of rotatable bonds is 5. The molecule has 0 heterocycles. The number of hydrogen-bond acceptors (Lipinski definition) is 3. The van der Waals surface area contributed by atoms with Crippen LogP contribution in [-0.2, 0) is 16.1 Å². The van der Waals surface area contributed by atoms with Gasteiger partial charge in [0.15, 0.2) is 0 Å². The van der Waals surface area contributed by atoms with Crippen molar-refractivity contribution in [1.29, 1.82) is 0 Å². The van der Waals surface area contributed by atoms with Crippen molar-refractivity contribution in [2.45, 2.75) is 13.0 Å². The van der Waals surface area contributed by atoms with Crippen LogP contribution in [0.25, 0.3) is 0 Å². The topological polar surface area (TPSA) is 38.3 Å². The van der Waals surface area contributed by atoms with Crippen LogP contribution in [-0.4, -0.2) is 19.6 Å². The third kappa shape index (κ3) is 6.10. The van der Waals surface area contributed by atoms with Crippen LogP contribution in [0.3, 0.4) is 0 Å². The molecule has 0 aliphatic carbocycles. The molecular formula is C11H15ClNO2-. The van der Waals surface area contributed by atoms with E-state index < -0.39 is 0 Å². The van der Waals surface area contributed by atoms with Gasteiger partial charge in [0.25, 0.3) is 0 Å². The molecule has 0 aliphatic heterocycles. The van der Waals surface area contributed by atoms with Crippen molar-refractivity contribution in [3.8, 4) is 0 Å². The Labute approximate surface area is 96.2 Å². The van der Waals surface area contributed by atoms with E-state index in [1.165, 1.54) is 12.7 Å². The van der Waals surface area contributed by atoms with Crippen molar-refractivity contribution in [2.75, 3.05) is 13.7 Å². The molecule has 1 N–H and O–H groups in total. The second-order valence-electron chi connectivity index (χ2n) is 2.99. The molecule has 1 aromatic carbocycles. The van der Waals surface area contributed by atoms with Gasteiger partial charge >= 0.3 is 5.97 Å². The summed E-state index contributed by atoms with van der Waals surface area (Å²) < 4.78 is 4.52. The van der Waals surface area contributed by atoms with Crippen molar-refractivity contribution in [3.63, 3.8) is 0 Å². The number of halogens is 1. The summed E-state index contributed by atoms with van der Waals surface area (Å²) in [6, 6.07) is 10.1. The number of nitrogens with one attached hydrogen (secondary N) is 1. The van der Waals surface area contributed by atoms with Crippen molar-refractivity contribution in [2.24, 2.45) is 0 Å². The van der Waals surface area contributed by atoms with Gasteiger partial charge in [0.05, 0.1) is 13.5 Å². The standard InChI is InChI=1S/C11H15NO2.ClH/c1-14-11(13)7-8-12-9-10-5-3-2-4-6-10;/h2-6,12H,7-9H2,1H3;1H/p-1. The van der Waals surface area contributed by atoms with Crippen LogP contribution in [0.5, 0.6) is 0 Å². The van der Waals surface area contributed by atoms with Crippen LogP contribution in [0.1, 0.15) is 12.0 Å². The Morgan fingerprint density at radius 2 is 2.00 bits per heavy atom. The molecular weight excluding hydrogens is 214 g/mol. The summed E-state index contributed by atoms with van der Waals surface area (Å²) in [5.74, 6) is -0.175. The van der Waals surface area contributed by atoms with E-state index in [4.69, 9.17) is 0 Å². The minimum atomic E-state index is -0.175. The molecule has 0 aliphatic rings. The first kappa shape index (κ1) is 13.9. The van der Waals surface area contributed by atoms with Gasteiger partial charge in [-0.1, -0.05) is 30.3 Å². The molecule has 0 saturated carbocycles. The monoisotopic (exact) mass is 228 g/mol. The molecule has 4 heteroatoms. The first-order valence-electron chi connectivity index (χ1n) is 4.64. The summed E-state index contributed by atoms with van der Waals surface area (Å²) >= 11 is 0. The molecule has 1 rings (SSSR count). The summed E-state index contributed by atoms with van der Waals surface area (Å²) in [7, 11) is 1.40. The minimum absolute atomic E-state index is 0. The van der Waals surface area contributed by atoms with Gasteiger partial charge in [0.2, 0.25) is 0 Å². The second-order valence-corrected chi connectivity index (χ2v) is 2.99. The molecule has 15 heavy (non-hydrogen) atoms. The van der Waals surface area contributed by atoms with Crippen LogP contribution in [0.15, 0.2) is 30.3 Å². The quantitative estimate of drug-likeness (QED) is 0.485. The van der Waals surface area contributed by atoms with Crippen LogP contribution >= 0.6 is 0 Å². The third-order valence-corrected chi connectivity index (χ3v) is 1.91. The predicted octanol–water partition coefficient (Wildman–Crippen LogP) is -1.66. The molecule has 0 bridgehead atoms. The largest absolute Gasteiger partial charge is 1.00 e. The maximum atomic E-state index is 10.8. The second kappa shape index (κ2) is 8.26. The summed E-state index contributed by atoms with van der Waals surface area (Å²) in [5.41, 5.74) is 1.22. The van der Waals surface area contributed by atoms with E-state index in [2.05, 4.69) is 10.1 Å². The third-order valence-electron chi connectivity index (χ3n) is 1.91. The average molecular weight is 229 g/mol. The molecule has 3 nitrogen and oxygen atoms in total. The average Bonchev–Trinajstić information content (AvgIpc) is 2.25. The van der Waals surface area contributed by atoms with Gasteiger partial charge in [-0.3, -0.25) is 4.79 Å². The maximum absolute atomic E-state index is 10.8. The highest BCUT2D eigenvalue weighted by atomic mass is 35.5. The van der Waals surface area contributed by atoms with Crippen molar-refractivity contribution >= 4 is 5.97 Å². The zero-order valence-electron chi connectivity index (χ0n) is 8.70. The smallest absolute Gasteiger partial charge is 0.306 e. The highest BCUT2D eigenvalue weighted by molar-refractivity contribution is 5.69. The van der Waals surface area contributed by atoms with Gasteiger partial charge in [-0.05, 0) is 5.56 Å². The molecule has 0 saturated heterocycles. The lowest BCUT2D eigenvalue weighted by molar-refractivity contribution is -0.140. The van der Waals surface area contributed by atoms with Gasteiger partial charge < -0.3 is 22.5 Å². The maximum Gasteiger partial charge on any atom is 0.306 e. The summed E-state index contributed by atoms with van der Waals surface area (Å²) in [5, 5.41) is 3.17. The lowest BCUT2D eigenvalue weighted by Crippen LogP contribution is -3.00. The van der Waals surface area contributed by atoms with E-state index in [0.29, 0.717) is 13.0 Å². The van der Waals surface area contributed by atoms with Crippen molar-refractivity contribution < 1.29 is 21.9 Å². The Balaban J connectivity index is 0.00000196. The number of hydrogen-bond donors (Lipinski definition) is 1. The van der Waals surface area contributed by atoms with E-state index >= 15 is 0 Å². The first-order chi connectivity index (χ1) is 6.83. The minimum Gasteiger partial charge on any atom is -1.00 e. The zero-order valence-corrected chi connectivity index (χ0v) is 9.46. The number of benzene rings is 1. The predicted molar refractivity (Wildman–Crippen MR) is 54.8 cm³/mol. The van der Waals surface area contributed by atoms with Crippen LogP contribution in [0.2, 0.25) is 0 Å². The number of ether oxygens (including phenoxy) is 1. The fourth-order valence-electron chi connectivity index (χ4n) is 1.12. The molecule has 0 spiro atoms. The fourth-order valence-corrected chi connectivity index (χ4v) is 1.12. The molecule has 1 aromatic rings. The highest BCUT2D eigenvalue weighted by Crippen LogP contribution is 1.96. The van der Waals surface area contributed by atoms with Crippen LogP contribution in [0, 0.1) is 0 Å². The lowest BCUT2D eigenvalue weighted by atomic mass is 10.2. The Kier molecular flexibility index (Phi) is 7.68. The zero-order chi connectivity index (χ0) is 10.2. The van der Waals surface area contributed by atoms with E-state index in [9.17, 15) is 4.79 Å². The van der Waals surface area contributed by atoms with Gasteiger partial charge in [-0.25, -0.2) is 0 Å². The normalized spacial score (nSPS) is 9.13. The Morgan fingerprint density at radius 3 is 2.60 bits per heavy atom. The molecule has 0 atom stereocenters. The Morgan fingerprint density at radius 1 is 1.33 bits per heavy atom. The SMILES string of the molecule is COC(=O)CCNCc1ccccc1.[Cl-]. The molecule has 0 aromatic heterocycles. The van der Waals surface area contributed by atoms with E-state index in [0.717, 1.165) is 6.54 Å². The van der Waals surface area contributed by atoms with Crippen LogP contribution in [0.4, 0.5) is 0 Å². The first-order valence-corrected chi connectivity index (χ1v) is 4.64. The van der Waals surface area contributed by atoms with Gasteiger partial charge in [-0.2, -0.15) is 0 Å². The number of esters is 1. The summed E-state index contributed by atoms with van der Waals surface area (Å²) in [4.78, 5) is 10.8. The van der Waals surface area contributed by atoms with Crippen molar-refractivity contribution in [3.05, 3.63) is 35.9 Å². The van der Waals surface area contributed by atoms with Gasteiger partial charge in [0, 0.05) is 13.1 Å². The van der Waals surface area contributed by atoms with E-state index in [1.807, 2.05) is 30.3 Å². The summed E-state index contributed by atoms with van der Waals surface area (Å²) in [6.45, 7) is 1.44. The summed E-state index contributed by atoms with van der Waals surface area (Å²) in [6.07, 6.45) is 0.420. The van der Waals surface area contributed by atoms with Crippen LogP contribution < -0.4 is 17.7 Å². The van der Waals surface area contributed by atoms with E-state index in [1.54, 1.807) is 0 Å². The molecule has 0 amide bonds. The number of carbonyl (C=O) groups excluding carboxylic acids is 1. The molecule has 84 valence electrons. The van der Waals surface area contributed by atoms with Crippen molar-refractivity contribution in [1.82, 2.24) is 5.32 Å². The molecule has 0 unspecified atom stereocenters. The Bertz CT molecular complexity index is 277. The highest BCUT2D eigenvalue weighted by Gasteiger charge is 1.98. The number of carbonyl (C=O) groups is 1. The van der Waals surface area contributed by atoms with E-state index in [-0.39, 0.29) is 18.4 Å². The molecule has 0 fully saturated rings. The molecule has 0 radical (unpaired) electrons. The lowest BCUT2D eigenvalue weighted by Gasteiger charge is -2.03.